The minimum Gasteiger partial charge on any atom is -0.228 e. The Kier molecular flexibility index (Phi) is 5.23. The van der Waals surface area contributed by atoms with Crippen molar-refractivity contribution in [1.82, 2.24) is 0 Å². The van der Waals surface area contributed by atoms with Crippen molar-refractivity contribution in [2.75, 3.05) is 11.5 Å². The van der Waals surface area contributed by atoms with E-state index in [1.807, 2.05) is 0 Å². The molecule has 0 amide bonds. The summed E-state index contributed by atoms with van der Waals surface area (Å²) in [6.45, 7) is 0. The van der Waals surface area contributed by atoms with Gasteiger partial charge in [-0.2, -0.15) is 44.8 Å². The average Bonchev–Trinajstić information content (AvgIpc) is 2.24. The lowest BCUT2D eigenvalue weighted by Crippen LogP contribution is -2.61. The predicted octanol–water partition coefficient (Wildman–Crippen LogP) is 2.78. The van der Waals surface area contributed by atoms with Gasteiger partial charge in [-0.15, -0.1) is 0 Å². The highest BCUT2D eigenvalue weighted by atomic mass is 32.2. The lowest BCUT2D eigenvalue weighted by Gasteiger charge is -2.33. The number of nitrogens with zero attached hydrogens (tertiary/aromatic N) is 1. The van der Waals surface area contributed by atoms with E-state index in [2.05, 4.69) is 0 Å². The van der Waals surface area contributed by atoms with Crippen molar-refractivity contribution in [2.24, 2.45) is 0 Å². The summed E-state index contributed by atoms with van der Waals surface area (Å²) in [5, 5.41) is 7.99. The van der Waals surface area contributed by atoms with Crippen molar-refractivity contribution in [3.63, 3.8) is 0 Å². The van der Waals surface area contributed by atoms with Gasteiger partial charge in [-0.3, -0.25) is 0 Å². The highest BCUT2D eigenvalue weighted by Crippen LogP contribution is 2.54. The summed E-state index contributed by atoms with van der Waals surface area (Å²) >= 11 is 0. The Balaban J connectivity index is 5.38. The van der Waals surface area contributed by atoms with Gasteiger partial charge in [0.2, 0.25) is 0 Å². The summed E-state index contributed by atoms with van der Waals surface area (Å²) in [7, 11) is -4.61. The van der Waals surface area contributed by atoms with Gasteiger partial charge in [-0.05, 0) is 0 Å². The Morgan fingerprint density at radius 2 is 1.29 bits per heavy atom. The van der Waals surface area contributed by atoms with Gasteiger partial charge in [0.1, 0.15) is 5.75 Å². The molecule has 0 aromatic rings. The van der Waals surface area contributed by atoms with E-state index in [9.17, 15) is 47.9 Å². The SMILES string of the molecule is N#CCS(=O)(=O)CCC(F)(F)C(F)(F)C(F)(F)C(F)(F)F. The zero-order valence-corrected chi connectivity index (χ0v) is 10.5. The fourth-order valence-corrected chi connectivity index (χ4v) is 1.93. The first-order valence-electron chi connectivity index (χ1n) is 4.79. The first-order chi connectivity index (χ1) is 9.02. The van der Waals surface area contributed by atoms with E-state index >= 15 is 0 Å². The van der Waals surface area contributed by atoms with Gasteiger partial charge >= 0.3 is 23.9 Å². The third-order valence-electron chi connectivity index (χ3n) is 2.22. The highest BCUT2D eigenvalue weighted by molar-refractivity contribution is 7.91. The third-order valence-corrected chi connectivity index (χ3v) is 3.62. The van der Waals surface area contributed by atoms with Crippen molar-refractivity contribution >= 4 is 9.84 Å². The molecule has 0 fully saturated rings. The van der Waals surface area contributed by atoms with Gasteiger partial charge in [-0.1, -0.05) is 0 Å². The van der Waals surface area contributed by atoms with Crippen LogP contribution in [0.1, 0.15) is 6.42 Å². The fraction of sp³-hybridized carbons (Fsp3) is 0.875. The topological polar surface area (TPSA) is 57.9 Å². The lowest BCUT2D eigenvalue weighted by molar-refractivity contribution is -0.396. The quantitative estimate of drug-likeness (QED) is 0.692. The van der Waals surface area contributed by atoms with Crippen LogP contribution in [0.15, 0.2) is 0 Å². The van der Waals surface area contributed by atoms with Crippen LogP contribution in [-0.4, -0.2) is 43.9 Å². The van der Waals surface area contributed by atoms with Crippen LogP contribution in [0.25, 0.3) is 0 Å². The molecule has 124 valence electrons. The summed E-state index contributed by atoms with van der Waals surface area (Å²) in [6.07, 6.45) is -9.44. The van der Waals surface area contributed by atoms with Crippen LogP contribution in [0.3, 0.4) is 0 Å². The van der Waals surface area contributed by atoms with Gasteiger partial charge in [0, 0.05) is 6.42 Å². The molecule has 0 saturated carbocycles. The van der Waals surface area contributed by atoms with E-state index in [0.717, 1.165) is 6.07 Å². The molecule has 0 saturated heterocycles. The van der Waals surface area contributed by atoms with Gasteiger partial charge < -0.3 is 0 Å². The molecule has 21 heavy (non-hydrogen) atoms. The summed E-state index contributed by atoms with van der Waals surface area (Å²) in [5.74, 6) is -23.1. The number of hydrogen-bond acceptors (Lipinski definition) is 3. The Labute approximate surface area is 112 Å². The molecule has 0 unspecified atom stereocenters. The molecule has 0 aliphatic heterocycles. The number of alkyl halides is 9. The minimum atomic E-state index is -7.05. The molecule has 0 atom stereocenters. The van der Waals surface area contributed by atoms with Crippen LogP contribution in [0, 0.1) is 11.3 Å². The Hall–Kier alpha value is -1.19. The standard InChI is InChI=1S/C8H6F9NO2S/c9-5(10,1-3-21(19,20)4-2-18)6(11,12)7(13,14)8(15,16)17/h1,3-4H2. The molecule has 0 radical (unpaired) electrons. The maximum atomic E-state index is 12.9. The van der Waals surface area contributed by atoms with Gasteiger partial charge in [-0.25, -0.2) is 8.42 Å². The van der Waals surface area contributed by atoms with E-state index in [4.69, 9.17) is 5.26 Å². The number of sulfone groups is 1. The van der Waals surface area contributed by atoms with E-state index < -0.39 is 51.7 Å². The fourth-order valence-electron chi connectivity index (χ4n) is 1.02. The smallest absolute Gasteiger partial charge is 0.228 e. The van der Waals surface area contributed by atoms with Crippen molar-refractivity contribution in [3.8, 4) is 6.07 Å². The third kappa shape index (κ3) is 3.92. The van der Waals surface area contributed by atoms with E-state index in [0.29, 0.717) is 0 Å². The van der Waals surface area contributed by atoms with Crippen LogP contribution >= 0.6 is 0 Å². The van der Waals surface area contributed by atoms with Crippen LogP contribution < -0.4 is 0 Å². The molecule has 0 bridgehead atoms. The molecule has 0 N–H and O–H groups in total. The molecule has 0 aromatic heterocycles. The lowest BCUT2D eigenvalue weighted by atomic mass is 10.0. The molecule has 0 aliphatic rings. The zero-order valence-electron chi connectivity index (χ0n) is 9.69. The van der Waals surface area contributed by atoms with E-state index in [1.54, 1.807) is 0 Å². The minimum absolute atomic E-state index is 0.989. The first kappa shape index (κ1) is 19.8. The number of halogens is 9. The summed E-state index contributed by atoms with van der Waals surface area (Å²) in [4.78, 5) is 0. The van der Waals surface area contributed by atoms with E-state index in [1.165, 1.54) is 0 Å². The Bertz CT molecular complexity index is 517. The molecular formula is C8H6F9NO2S. The second-order valence-electron chi connectivity index (χ2n) is 3.85. The van der Waals surface area contributed by atoms with Crippen molar-refractivity contribution in [2.45, 2.75) is 30.4 Å². The summed E-state index contributed by atoms with van der Waals surface area (Å²) in [5.41, 5.74) is 0. The van der Waals surface area contributed by atoms with Gasteiger partial charge in [0.15, 0.2) is 9.84 Å². The van der Waals surface area contributed by atoms with Crippen molar-refractivity contribution in [1.29, 1.82) is 5.26 Å². The number of rotatable bonds is 6. The van der Waals surface area contributed by atoms with Gasteiger partial charge in [0.25, 0.3) is 0 Å². The molecule has 13 heteroatoms. The molecular weight excluding hydrogens is 345 g/mol. The van der Waals surface area contributed by atoms with Crippen LogP contribution in [-0.2, 0) is 9.84 Å². The van der Waals surface area contributed by atoms with Crippen molar-refractivity contribution < 1.29 is 47.9 Å². The van der Waals surface area contributed by atoms with Crippen LogP contribution in [0.2, 0.25) is 0 Å². The second kappa shape index (κ2) is 5.54. The Morgan fingerprint density at radius 1 is 0.857 bits per heavy atom. The van der Waals surface area contributed by atoms with Crippen LogP contribution in [0.5, 0.6) is 0 Å². The monoisotopic (exact) mass is 351 g/mol. The second-order valence-corrected chi connectivity index (χ2v) is 6.04. The Morgan fingerprint density at radius 3 is 1.62 bits per heavy atom. The average molecular weight is 351 g/mol. The molecule has 3 nitrogen and oxygen atoms in total. The maximum absolute atomic E-state index is 12.9. The molecule has 0 spiro atoms. The van der Waals surface area contributed by atoms with E-state index in [-0.39, 0.29) is 0 Å². The normalized spacial score (nSPS) is 14.9. The van der Waals surface area contributed by atoms with Gasteiger partial charge in [0.05, 0.1) is 11.8 Å². The number of hydrogen-bond donors (Lipinski definition) is 0. The largest absolute Gasteiger partial charge is 0.460 e. The maximum Gasteiger partial charge on any atom is 0.460 e. The van der Waals surface area contributed by atoms with Crippen molar-refractivity contribution in [3.05, 3.63) is 0 Å². The number of nitriles is 1. The molecule has 0 heterocycles. The summed E-state index contributed by atoms with van der Waals surface area (Å²) in [6, 6.07) is 0.989. The highest BCUT2D eigenvalue weighted by Gasteiger charge is 2.81. The molecule has 0 aromatic carbocycles. The predicted molar refractivity (Wildman–Crippen MR) is 49.8 cm³/mol. The zero-order chi connectivity index (χ0) is 17.3. The first-order valence-corrected chi connectivity index (χ1v) is 6.61. The summed E-state index contributed by atoms with van der Waals surface area (Å²) < 4.78 is 133. The molecule has 0 rings (SSSR count). The van der Waals surface area contributed by atoms with Crippen LogP contribution in [0.4, 0.5) is 39.5 Å². The molecule has 0 aliphatic carbocycles.